The molecule has 20 heavy (non-hydrogen) atoms. The third kappa shape index (κ3) is 4.17. The molecule has 0 bridgehead atoms. The molecule has 1 aromatic heterocycles. The molecule has 0 radical (unpaired) electrons. The van der Waals surface area contributed by atoms with E-state index in [1.165, 1.54) is 0 Å². The van der Waals surface area contributed by atoms with Crippen molar-refractivity contribution in [2.45, 2.75) is 64.9 Å². The molecule has 1 aliphatic rings. The Hall–Kier alpha value is -1.16. The van der Waals surface area contributed by atoms with Crippen molar-refractivity contribution in [2.24, 2.45) is 0 Å². The summed E-state index contributed by atoms with van der Waals surface area (Å²) in [4.78, 5) is 9.39. The van der Waals surface area contributed by atoms with Crippen LogP contribution < -0.4 is 5.32 Å². The van der Waals surface area contributed by atoms with Gasteiger partial charge in [0.05, 0.1) is 11.8 Å². The molecule has 4 heteroatoms. The summed E-state index contributed by atoms with van der Waals surface area (Å²) in [6.07, 6.45) is 4.50. The van der Waals surface area contributed by atoms with Crippen molar-refractivity contribution in [1.82, 2.24) is 9.97 Å². The zero-order chi connectivity index (χ0) is 14.6. The van der Waals surface area contributed by atoms with Crippen LogP contribution in [0.15, 0.2) is 6.07 Å². The summed E-state index contributed by atoms with van der Waals surface area (Å²) in [5.74, 6) is 1.85. The molecular formula is C16H27N3O. The van der Waals surface area contributed by atoms with Crippen LogP contribution in [0.5, 0.6) is 0 Å². The van der Waals surface area contributed by atoms with Gasteiger partial charge in [0.2, 0.25) is 0 Å². The first-order valence-electron chi connectivity index (χ1n) is 7.73. The zero-order valence-corrected chi connectivity index (χ0v) is 13.2. The smallest absolute Gasteiger partial charge is 0.133 e. The van der Waals surface area contributed by atoms with Crippen molar-refractivity contribution in [3.05, 3.63) is 17.6 Å². The van der Waals surface area contributed by atoms with Crippen molar-refractivity contribution < 1.29 is 4.74 Å². The van der Waals surface area contributed by atoms with Gasteiger partial charge in [-0.1, -0.05) is 27.7 Å². The number of anilines is 1. The SMILES string of the molecule is CCCNc1cc(C(C)(C)C)nc(CC2CCCO2)n1. The van der Waals surface area contributed by atoms with Gasteiger partial charge in [-0.3, -0.25) is 0 Å². The molecule has 1 saturated heterocycles. The first-order valence-corrected chi connectivity index (χ1v) is 7.73. The summed E-state index contributed by atoms with van der Waals surface area (Å²) in [5.41, 5.74) is 1.13. The molecular weight excluding hydrogens is 250 g/mol. The second kappa shape index (κ2) is 6.53. The molecule has 0 amide bonds. The van der Waals surface area contributed by atoms with Crippen LogP contribution in [0.3, 0.4) is 0 Å². The van der Waals surface area contributed by atoms with Gasteiger partial charge in [-0.05, 0) is 19.3 Å². The fourth-order valence-electron chi connectivity index (χ4n) is 2.33. The predicted molar refractivity (Wildman–Crippen MR) is 82.2 cm³/mol. The van der Waals surface area contributed by atoms with Crippen LogP contribution in [0, 0.1) is 0 Å². The average Bonchev–Trinajstić information content (AvgIpc) is 2.88. The normalized spacial score (nSPS) is 19.3. The number of aromatic nitrogens is 2. The minimum absolute atomic E-state index is 0.0386. The van der Waals surface area contributed by atoms with Gasteiger partial charge >= 0.3 is 0 Å². The maximum atomic E-state index is 5.70. The topological polar surface area (TPSA) is 47.0 Å². The van der Waals surface area contributed by atoms with E-state index in [0.717, 1.165) is 56.2 Å². The molecule has 0 spiro atoms. The van der Waals surface area contributed by atoms with Crippen molar-refractivity contribution >= 4 is 5.82 Å². The first-order chi connectivity index (χ1) is 9.49. The number of rotatable bonds is 5. The highest BCUT2D eigenvalue weighted by molar-refractivity contribution is 5.38. The summed E-state index contributed by atoms with van der Waals surface area (Å²) in [5, 5.41) is 3.38. The largest absolute Gasteiger partial charge is 0.378 e. The van der Waals surface area contributed by atoms with E-state index < -0.39 is 0 Å². The van der Waals surface area contributed by atoms with Crippen LogP contribution in [0.1, 0.15) is 58.5 Å². The lowest BCUT2D eigenvalue weighted by molar-refractivity contribution is 0.110. The molecule has 112 valence electrons. The maximum Gasteiger partial charge on any atom is 0.133 e. The van der Waals surface area contributed by atoms with E-state index in [1.807, 2.05) is 0 Å². The van der Waals surface area contributed by atoms with Gasteiger partial charge in [0.25, 0.3) is 0 Å². The quantitative estimate of drug-likeness (QED) is 0.897. The molecule has 1 N–H and O–H groups in total. The van der Waals surface area contributed by atoms with E-state index in [-0.39, 0.29) is 5.41 Å². The molecule has 1 atom stereocenters. The highest BCUT2D eigenvalue weighted by atomic mass is 16.5. The predicted octanol–water partition coefficient (Wildman–Crippen LogP) is 3.32. The van der Waals surface area contributed by atoms with Crippen LogP contribution in [-0.4, -0.2) is 29.2 Å². The average molecular weight is 277 g/mol. The lowest BCUT2D eigenvalue weighted by Gasteiger charge is -2.20. The fraction of sp³-hybridized carbons (Fsp3) is 0.750. The maximum absolute atomic E-state index is 5.70. The Morgan fingerprint density at radius 2 is 2.15 bits per heavy atom. The number of hydrogen-bond acceptors (Lipinski definition) is 4. The van der Waals surface area contributed by atoms with Crippen molar-refractivity contribution in [2.75, 3.05) is 18.5 Å². The molecule has 1 fully saturated rings. The molecule has 1 aliphatic heterocycles. The second-order valence-corrected chi connectivity index (χ2v) is 6.57. The summed E-state index contributed by atoms with van der Waals surface area (Å²) < 4.78 is 5.70. The Labute approximate surface area is 122 Å². The molecule has 4 nitrogen and oxygen atoms in total. The monoisotopic (exact) mass is 277 g/mol. The molecule has 0 saturated carbocycles. The fourth-order valence-corrected chi connectivity index (χ4v) is 2.33. The number of ether oxygens (including phenoxy) is 1. The summed E-state index contributed by atoms with van der Waals surface area (Å²) in [7, 11) is 0. The number of nitrogens with one attached hydrogen (secondary N) is 1. The lowest BCUT2D eigenvalue weighted by atomic mass is 9.92. The minimum Gasteiger partial charge on any atom is -0.378 e. The van der Waals surface area contributed by atoms with Gasteiger partial charge < -0.3 is 10.1 Å². The Morgan fingerprint density at radius 3 is 2.75 bits per heavy atom. The Morgan fingerprint density at radius 1 is 1.35 bits per heavy atom. The Balaban J connectivity index is 2.19. The van der Waals surface area contributed by atoms with Crippen LogP contribution in [0.2, 0.25) is 0 Å². The van der Waals surface area contributed by atoms with Crippen LogP contribution in [-0.2, 0) is 16.6 Å². The van der Waals surface area contributed by atoms with E-state index in [1.54, 1.807) is 0 Å². The van der Waals surface area contributed by atoms with Crippen LogP contribution in [0.4, 0.5) is 5.82 Å². The minimum atomic E-state index is 0.0386. The third-order valence-corrected chi connectivity index (χ3v) is 3.53. The highest BCUT2D eigenvalue weighted by Crippen LogP contribution is 2.24. The van der Waals surface area contributed by atoms with Gasteiger partial charge in [0, 0.05) is 31.1 Å². The van der Waals surface area contributed by atoms with Gasteiger partial charge in [0.1, 0.15) is 11.6 Å². The summed E-state index contributed by atoms with van der Waals surface area (Å²) in [6.45, 7) is 10.6. The van der Waals surface area contributed by atoms with Crippen molar-refractivity contribution in [3.8, 4) is 0 Å². The molecule has 2 rings (SSSR count). The first kappa shape index (κ1) is 15.2. The Bertz CT molecular complexity index is 434. The third-order valence-electron chi connectivity index (χ3n) is 3.53. The highest BCUT2D eigenvalue weighted by Gasteiger charge is 2.21. The van der Waals surface area contributed by atoms with E-state index >= 15 is 0 Å². The van der Waals surface area contributed by atoms with Gasteiger partial charge in [-0.15, -0.1) is 0 Å². The van der Waals surface area contributed by atoms with Crippen molar-refractivity contribution in [3.63, 3.8) is 0 Å². The van der Waals surface area contributed by atoms with E-state index in [4.69, 9.17) is 9.72 Å². The lowest BCUT2D eigenvalue weighted by Crippen LogP contribution is -2.19. The van der Waals surface area contributed by atoms with Crippen LogP contribution in [0.25, 0.3) is 0 Å². The molecule has 2 heterocycles. The Kier molecular flexibility index (Phi) is 4.97. The molecule has 1 unspecified atom stereocenters. The van der Waals surface area contributed by atoms with Crippen molar-refractivity contribution in [1.29, 1.82) is 0 Å². The summed E-state index contributed by atoms with van der Waals surface area (Å²) in [6, 6.07) is 2.08. The second-order valence-electron chi connectivity index (χ2n) is 6.57. The van der Waals surface area contributed by atoms with E-state index in [2.05, 4.69) is 44.1 Å². The van der Waals surface area contributed by atoms with E-state index in [9.17, 15) is 0 Å². The molecule has 0 aliphatic carbocycles. The van der Waals surface area contributed by atoms with Gasteiger partial charge in [-0.25, -0.2) is 9.97 Å². The molecule has 0 aromatic carbocycles. The summed E-state index contributed by atoms with van der Waals surface area (Å²) >= 11 is 0. The standard InChI is InChI=1S/C16H27N3O/c1-5-8-17-14-11-13(16(2,3)4)18-15(19-14)10-12-7-6-9-20-12/h11-12H,5-10H2,1-4H3,(H,17,18,19). The van der Waals surface area contributed by atoms with Crippen LogP contribution >= 0.6 is 0 Å². The van der Waals surface area contributed by atoms with Gasteiger partial charge in [0.15, 0.2) is 0 Å². The number of nitrogens with zero attached hydrogens (tertiary/aromatic N) is 2. The number of hydrogen-bond donors (Lipinski definition) is 1. The van der Waals surface area contributed by atoms with Gasteiger partial charge in [-0.2, -0.15) is 0 Å². The zero-order valence-electron chi connectivity index (χ0n) is 13.2. The van der Waals surface area contributed by atoms with E-state index in [0.29, 0.717) is 6.10 Å². The molecule has 1 aromatic rings.